The quantitative estimate of drug-likeness (QED) is 0.194. The Balaban J connectivity index is 1.20. The first kappa shape index (κ1) is 27.0. The summed E-state index contributed by atoms with van der Waals surface area (Å²) in [4.78, 5) is 15.0. The Labute approximate surface area is 279 Å². The second kappa shape index (κ2) is 10.7. The third kappa shape index (κ3) is 4.25. The zero-order valence-electron chi connectivity index (χ0n) is 25.6. The molecular weight excluding hydrogens is 607 g/mol. The van der Waals surface area contributed by atoms with Crippen LogP contribution in [0.3, 0.4) is 0 Å². The van der Waals surface area contributed by atoms with E-state index in [0.29, 0.717) is 17.5 Å². The van der Waals surface area contributed by atoms with Gasteiger partial charge in [-0.05, 0) is 46.7 Å². The van der Waals surface area contributed by atoms with Gasteiger partial charge in [0, 0.05) is 53.2 Å². The van der Waals surface area contributed by atoms with Gasteiger partial charge in [0.2, 0.25) is 0 Å². The molecule has 3 aromatic heterocycles. The fourth-order valence-corrected chi connectivity index (χ4v) is 8.09. The Morgan fingerprint density at radius 1 is 0.438 bits per heavy atom. The highest BCUT2D eigenvalue weighted by atomic mass is 32.1. The third-order valence-electron chi connectivity index (χ3n) is 9.14. The summed E-state index contributed by atoms with van der Waals surface area (Å²) in [5.41, 5.74) is 6.56. The summed E-state index contributed by atoms with van der Waals surface area (Å²) in [7, 11) is 0. The minimum absolute atomic E-state index is 0.608. The lowest BCUT2D eigenvalue weighted by atomic mass is 9.96. The van der Waals surface area contributed by atoms with Crippen LogP contribution in [0.4, 0.5) is 0 Å². The Morgan fingerprint density at radius 3 is 1.83 bits per heavy atom. The average Bonchev–Trinajstić information content (AvgIpc) is 3.74. The van der Waals surface area contributed by atoms with Crippen molar-refractivity contribution >= 4 is 64.2 Å². The van der Waals surface area contributed by atoms with Crippen molar-refractivity contribution in [3.8, 4) is 45.3 Å². The largest absolute Gasteiger partial charge is 0.455 e. The van der Waals surface area contributed by atoms with Gasteiger partial charge in [-0.1, -0.05) is 121 Å². The number of hydrogen-bond acceptors (Lipinski definition) is 5. The van der Waals surface area contributed by atoms with Crippen molar-refractivity contribution in [3.05, 3.63) is 152 Å². The predicted molar refractivity (Wildman–Crippen MR) is 199 cm³/mol. The highest BCUT2D eigenvalue weighted by Crippen LogP contribution is 2.43. The van der Waals surface area contributed by atoms with Crippen molar-refractivity contribution in [2.45, 2.75) is 0 Å². The van der Waals surface area contributed by atoms with Crippen LogP contribution in [0.25, 0.3) is 98.2 Å². The monoisotopic (exact) mass is 631 g/mol. The van der Waals surface area contributed by atoms with E-state index >= 15 is 0 Å². The van der Waals surface area contributed by atoms with E-state index in [1.165, 1.54) is 30.9 Å². The summed E-state index contributed by atoms with van der Waals surface area (Å²) in [6.07, 6.45) is 0. The molecule has 10 rings (SSSR count). The van der Waals surface area contributed by atoms with Crippen LogP contribution >= 0.6 is 11.3 Å². The molecule has 0 amide bonds. The minimum Gasteiger partial charge on any atom is -0.455 e. The zero-order chi connectivity index (χ0) is 31.6. The van der Waals surface area contributed by atoms with E-state index in [1.54, 1.807) is 0 Å². The normalized spacial score (nSPS) is 11.8. The summed E-state index contributed by atoms with van der Waals surface area (Å²) in [5, 5.41) is 7.11. The van der Waals surface area contributed by atoms with Gasteiger partial charge in [-0.25, -0.2) is 15.0 Å². The highest BCUT2D eigenvalue weighted by Gasteiger charge is 2.21. The van der Waals surface area contributed by atoms with Crippen molar-refractivity contribution < 1.29 is 4.42 Å². The Hall–Kier alpha value is -6.17. The summed E-state index contributed by atoms with van der Waals surface area (Å²) in [6, 6.07) is 52.6. The smallest absolute Gasteiger partial charge is 0.164 e. The molecule has 0 bridgehead atoms. The Morgan fingerprint density at radius 2 is 1.06 bits per heavy atom. The molecular formula is C43H25N3OS. The molecule has 48 heavy (non-hydrogen) atoms. The number of thiophene rings is 1. The van der Waals surface area contributed by atoms with Crippen LogP contribution in [0.1, 0.15) is 0 Å². The van der Waals surface area contributed by atoms with E-state index in [9.17, 15) is 0 Å². The summed E-state index contributed by atoms with van der Waals surface area (Å²) in [5.74, 6) is 1.87. The maximum Gasteiger partial charge on any atom is 0.164 e. The van der Waals surface area contributed by atoms with Gasteiger partial charge in [0.1, 0.15) is 11.2 Å². The van der Waals surface area contributed by atoms with Crippen molar-refractivity contribution in [1.82, 2.24) is 15.0 Å². The fourth-order valence-electron chi connectivity index (χ4n) is 6.85. The number of benzene rings is 7. The van der Waals surface area contributed by atoms with Gasteiger partial charge in [-0.15, -0.1) is 11.3 Å². The van der Waals surface area contributed by atoms with Gasteiger partial charge in [0.25, 0.3) is 0 Å². The summed E-state index contributed by atoms with van der Waals surface area (Å²) < 4.78 is 9.32. The van der Waals surface area contributed by atoms with Crippen LogP contribution in [-0.2, 0) is 0 Å². The number of aromatic nitrogens is 3. The first-order valence-electron chi connectivity index (χ1n) is 15.9. The lowest BCUT2D eigenvalue weighted by Crippen LogP contribution is -2.00. The van der Waals surface area contributed by atoms with Gasteiger partial charge < -0.3 is 4.42 Å². The zero-order valence-corrected chi connectivity index (χ0v) is 26.4. The number of hydrogen-bond donors (Lipinski definition) is 0. The van der Waals surface area contributed by atoms with E-state index in [1.807, 2.05) is 84.1 Å². The molecule has 0 saturated carbocycles. The van der Waals surface area contributed by atoms with Crippen LogP contribution in [0.5, 0.6) is 0 Å². The molecule has 7 aromatic carbocycles. The molecule has 4 nitrogen and oxygen atoms in total. The van der Waals surface area contributed by atoms with E-state index in [2.05, 4.69) is 78.9 Å². The first-order chi connectivity index (χ1) is 23.8. The van der Waals surface area contributed by atoms with Crippen LogP contribution in [0.15, 0.2) is 156 Å². The van der Waals surface area contributed by atoms with Gasteiger partial charge in [0.05, 0.1) is 0 Å². The molecule has 0 radical (unpaired) electrons. The lowest BCUT2D eigenvalue weighted by molar-refractivity contribution is 0.670. The molecule has 10 aromatic rings. The van der Waals surface area contributed by atoms with Crippen molar-refractivity contribution in [1.29, 1.82) is 0 Å². The number of rotatable bonds is 4. The minimum atomic E-state index is 0.608. The predicted octanol–water partition coefficient (Wildman–Crippen LogP) is 12.0. The van der Waals surface area contributed by atoms with Crippen LogP contribution in [0, 0.1) is 0 Å². The van der Waals surface area contributed by atoms with Crippen molar-refractivity contribution in [2.24, 2.45) is 0 Å². The van der Waals surface area contributed by atoms with Crippen LogP contribution in [-0.4, -0.2) is 15.0 Å². The number of nitrogens with zero attached hydrogens (tertiary/aromatic N) is 3. The van der Waals surface area contributed by atoms with Crippen LogP contribution < -0.4 is 0 Å². The summed E-state index contributed by atoms with van der Waals surface area (Å²) >= 11 is 1.86. The highest BCUT2D eigenvalue weighted by molar-refractivity contribution is 7.26. The molecule has 0 unspecified atom stereocenters. The second-order valence-electron chi connectivity index (χ2n) is 12.0. The third-order valence-corrected chi connectivity index (χ3v) is 10.4. The molecule has 0 aliphatic rings. The molecule has 0 fully saturated rings. The van der Waals surface area contributed by atoms with E-state index in [0.717, 1.165) is 49.8 Å². The molecule has 0 spiro atoms. The molecule has 224 valence electrons. The summed E-state index contributed by atoms with van der Waals surface area (Å²) in [6.45, 7) is 0. The van der Waals surface area contributed by atoms with Gasteiger partial charge in [0.15, 0.2) is 17.5 Å². The first-order valence-corrected chi connectivity index (χ1v) is 16.8. The van der Waals surface area contributed by atoms with Gasteiger partial charge in [-0.3, -0.25) is 0 Å². The van der Waals surface area contributed by atoms with Gasteiger partial charge >= 0.3 is 0 Å². The second-order valence-corrected chi connectivity index (χ2v) is 13.0. The number of para-hydroxylation sites is 1. The molecule has 3 heterocycles. The van der Waals surface area contributed by atoms with E-state index in [4.69, 9.17) is 19.4 Å². The van der Waals surface area contributed by atoms with E-state index in [-0.39, 0.29) is 0 Å². The number of furan rings is 1. The maximum absolute atomic E-state index is 6.68. The maximum atomic E-state index is 6.68. The number of fused-ring (bicyclic) bond motifs is 8. The Bertz CT molecular complexity index is 2780. The molecule has 5 heteroatoms. The Kier molecular flexibility index (Phi) is 6.01. The molecule has 0 aliphatic heterocycles. The average molecular weight is 632 g/mol. The lowest BCUT2D eigenvalue weighted by Gasteiger charge is -2.11. The van der Waals surface area contributed by atoms with Gasteiger partial charge in [-0.2, -0.15) is 0 Å². The molecule has 0 N–H and O–H groups in total. The molecule has 0 saturated heterocycles. The molecule has 0 aliphatic carbocycles. The molecule has 0 atom stereocenters. The van der Waals surface area contributed by atoms with Crippen molar-refractivity contribution in [3.63, 3.8) is 0 Å². The SMILES string of the molecule is c1ccc(-c2nc(-c3ccccc3)nc(-c3ccc(-c4ccc5c(ccc6c7ccccc7sc56)c4)c4oc5ccccc5c34)n2)cc1. The fraction of sp³-hybridized carbons (Fsp3) is 0. The van der Waals surface area contributed by atoms with E-state index < -0.39 is 0 Å². The van der Waals surface area contributed by atoms with Crippen molar-refractivity contribution in [2.75, 3.05) is 0 Å². The standard InChI is InChI=1S/C43H25N3OS/c1-3-11-26(12-4-1)41-44-42(27-13-5-2-6-14-27)46-43(45-41)35-24-23-30(39-38(35)34-16-7-9-17-36(34)47-39)28-19-21-31-29(25-28)20-22-33-32-15-8-10-18-37(32)48-40(31)33/h1-25H. The topological polar surface area (TPSA) is 51.8 Å². The van der Waals surface area contributed by atoms with Crippen LogP contribution in [0.2, 0.25) is 0 Å².